The average molecular weight is 314 g/mol. The predicted octanol–water partition coefficient (Wildman–Crippen LogP) is 4.44. The highest BCUT2D eigenvalue weighted by molar-refractivity contribution is 7.80. The summed E-state index contributed by atoms with van der Waals surface area (Å²) in [7, 11) is 0. The van der Waals surface area contributed by atoms with Gasteiger partial charge in [-0.3, -0.25) is 0 Å². The maximum atomic E-state index is 5.42. The van der Waals surface area contributed by atoms with E-state index >= 15 is 0 Å². The molecular weight excluding hydrogens is 292 g/mol. The zero-order chi connectivity index (χ0) is 15.9. The number of nitrogens with one attached hydrogen (secondary N) is 2. The number of hydrogen-bond acceptors (Lipinski definition) is 2. The number of aryl methyl sites for hydroxylation is 1. The molecule has 0 amide bonds. The van der Waals surface area contributed by atoms with Gasteiger partial charge >= 0.3 is 0 Å². The summed E-state index contributed by atoms with van der Waals surface area (Å²) in [6.07, 6.45) is 0. The van der Waals surface area contributed by atoms with E-state index in [1.165, 1.54) is 11.1 Å². The van der Waals surface area contributed by atoms with Crippen LogP contribution in [0.2, 0.25) is 0 Å². The second kappa shape index (κ2) is 7.80. The molecule has 0 radical (unpaired) electrons. The number of hydrogen-bond donors (Lipinski definition) is 2. The van der Waals surface area contributed by atoms with Crippen molar-refractivity contribution in [3.05, 3.63) is 59.7 Å². The fraction of sp³-hybridized carbons (Fsp3) is 0.278. The van der Waals surface area contributed by atoms with E-state index in [1.807, 2.05) is 31.2 Å². The van der Waals surface area contributed by atoms with E-state index in [-0.39, 0.29) is 6.04 Å². The maximum absolute atomic E-state index is 5.42. The smallest absolute Gasteiger partial charge is 0.171 e. The van der Waals surface area contributed by atoms with E-state index in [4.69, 9.17) is 17.0 Å². The van der Waals surface area contributed by atoms with Crippen LogP contribution in [0.1, 0.15) is 31.0 Å². The SMILES string of the molecule is CCOc1ccc(NC(=S)NC(C)c2ccc(C)cc2)cc1. The van der Waals surface area contributed by atoms with Crippen molar-refractivity contribution < 1.29 is 4.74 Å². The molecule has 0 bridgehead atoms. The van der Waals surface area contributed by atoms with Gasteiger partial charge in [-0.25, -0.2) is 0 Å². The molecular formula is C18H22N2OS. The Bertz CT molecular complexity index is 608. The summed E-state index contributed by atoms with van der Waals surface area (Å²) in [5.74, 6) is 0.861. The van der Waals surface area contributed by atoms with Gasteiger partial charge in [0.15, 0.2) is 5.11 Å². The number of anilines is 1. The first-order valence-electron chi connectivity index (χ1n) is 7.45. The van der Waals surface area contributed by atoms with E-state index in [9.17, 15) is 0 Å². The van der Waals surface area contributed by atoms with Crippen LogP contribution in [-0.2, 0) is 0 Å². The van der Waals surface area contributed by atoms with Gasteiger partial charge in [-0.15, -0.1) is 0 Å². The van der Waals surface area contributed by atoms with Crippen LogP contribution < -0.4 is 15.4 Å². The first kappa shape index (κ1) is 16.3. The van der Waals surface area contributed by atoms with E-state index in [2.05, 4.69) is 48.7 Å². The molecule has 22 heavy (non-hydrogen) atoms. The van der Waals surface area contributed by atoms with Crippen molar-refractivity contribution in [2.24, 2.45) is 0 Å². The first-order chi connectivity index (χ1) is 10.6. The largest absolute Gasteiger partial charge is 0.494 e. The molecule has 0 aliphatic rings. The Morgan fingerprint density at radius 1 is 1.09 bits per heavy atom. The molecule has 0 aromatic heterocycles. The van der Waals surface area contributed by atoms with Crippen LogP contribution in [-0.4, -0.2) is 11.7 Å². The summed E-state index contributed by atoms with van der Waals surface area (Å²) >= 11 is 5.37. The molecule has 0 spiro atoms. The summed E-state index contributed by atoms with van der Waals surface area (Å²) < 4.78 is 5.42. The Labute approximate surface area is 137 Å². The van der Waals surface area contributed by atoms with Gasteiger partial charge in [0.25, 0.3) is 0 Å². The lowest BCUT2D eigenvalue weighted by Gasteiger charge is -2.17. The molecule has 3 nitrogen and oxygen atoms in total. The molecule has 2 aromatic carbocycles. The third-order valence-corrected chi connectivity index (χ3v) is 3.57. The van der Waals surface area contributed by atoms with Gasteiger partial charge in [0.1, 0.15) is 5.75 Å². The van der Waals surface area contributed by atoms with Crippen molar-refractivity contribution in [2.45, 2.75) is 26.8 Å². The highest BCUT2D eigenvalue weighted by Gasteiger charge is 2.07. The molecule has 1 unspecified atom stereocenters. The molecule has 0 aliphatic heterocycles. The molecule has 116 valence electrons. The van der Waals surface area contributed by atoms with Crippen LogP contribution in [0.4, 0.5) is 5.69 Å². The maximum Gasteiger partial charge on any atom is 0.171 e. The molecule has 0 aliphatic carbocycles. The highest BCUT2D eigenvalue weighted by atomic mass is 32.1. The molecule has 0 heterocycles. The van der Waals surface area contributed by atoms with Crippen LogP contribution in [0, 0.1) is 6.92 Å². The van der Waals surface area contributed by atoms with Gasteiger partial charge in [-0.2, -0.15) is 0 Å². The zero-order valence-electron chi connectivity index (χ0n) is 13.2. The van der Waals surface area contributed by atoms with E-state index < -0.39 is 0 Å². The van der Waals surface area contributed by atoms with Crippen molar-refractivity contribution in [1.29, 1.82) is 0 Å². The fourth-order valence-electron chi connectivity index (χ4n) is 2.10. The van der Waals surface area contributed by atoms with Gasteiger partial charge < -0.3 is 15.4 Å². The monoisotopic (exact) mass is 314 g/mol. The Morgan fingerprint density at radius 3 is 2.32 bits per heavy atom. The zero-order valence-corrected chi connectivity index (χ0v) is 14.0. The van der Waals surface area contributed by atoms with Crippen LogP contribution >= 0.6 is 12.2 Å². The third-order valence-electron chi connectivity index (χ3n) is 3.35. The lowest BCUT2D eigenvalue weighted by atomic mass is 10.1. The quantitative estimate of drug-likeness (QED) is 0.799. The van der Waals surface area contributed by atoms with Crippen LogP contribution in [0.5, 0.6) is 5.75 Å². The molecule has 0 saturated carbocycles. The molecule has 2 aromatic rings. The lowest BCUT2D eigenvalue weighted by Crippen LogP contribution is -2.30. The molecule has 1 atom stereocenters. The van der Waals surface area contributed by atoms with Gasteiger partial charge in [0, 0.05) is 5.69 Å². The third kappa shape index (κ3) is 4.74. The molecule has 0 saturated heterocycles. The fourth-order valence-corrected chi connectivity index (χ4v) is 2.40. The highest BCUT2D eigenvalue weighted by Crippen LogP contribution is 2.17. The second-order valence-corrected chi connectivity index (χ2v) is 5.60. The van der Waals surface area contributed by atoms with E-state index in [0.717, 1.165) is 11.4 Å². The predicted molar refractivity (Wildman–Crippen MR) is 96.6 cm³/mol. The summed E-state index contributed by atoms with van der Waals surface area (Å²) in [5.41, 5.74) is 3.41. The summed E-state index contributed by atoms with van der Waals surface area (Å²) in [6, 6.07) is 16.4. The topological polar surface area (TPSA) is 33.3 Å². The van der Waals surface area contributed by atoms with Crippen molar-refractivity contribution >= 4 is 23.0 Å². The standard InChI is InChI=1S/C18H22N2OS/c1-4-21-17-11-9-16(10-12-17)20-18(22)19-14(3)15-7-5-13(2)6-8-15/h5-12,14H,4H2,1-3H3,(H2,19,20,22). The summed E-state index contributed by atoms with van der Waals surface area (Å²) in [4.78, 5) is 0. The summed E-state index contributed by atoms with van der Waals surface area (Å²) in [6.45, 7) is 6.81. The molecule has 0 fully saturated rings. The van der Waals surface area contributed by atoms with E-state index in [1.54, 1.807) is 0 Å². The van der Waals surface area contributed by atoms with Crippen LogP contribution in [0.15, 0.2) is 48.5 Å². The Kier molecular flexibility index (Phi) is 5.78. The van der Waals surface area contributed by atoms with Crippen molar-refractivity contribution in [3.8, 4) is 5.75 Å². The van der Waals surface area contributed by atoms with Gasteiger partial charge in [0.05, 0.1) is 12.6 Å². The number of benzene rings is 2. The minimum absolute atomic E-state index is 0.156. The van der Waals surface area contributed by atoms with Crippen molar-refractivity contribution in [3.63, 3.8) is 0 Å². The molecule has 2 rings (SSSR count). The Hall–Kier alpha value is -2.07. The van der Waals surface area contributed by atoms with Crippen LogP contribution in [0.25, 0.3) is 0 Å². The number of thiocarbonyl (C=S) groups is 1. The first-order valence-corrected chi connectivity index (χ1v) is 7.86. The summed E-state index contributed by atoms with van der Waals surface area (Å²) in [5, 5.41) is 7.09. The average Bonchev–Trinajstić information content (AvgIpc) is 2.50. The van der Waals surface area contributed by atoms with Crippen LogP contribution in [0.3, 0.4) is 0 Å². The number of ether oxygens (including phenoxy) is 1. The Morgan fingerprint density at radius 2 is 1.73 bits per heavy atom. The minimum atomic E-state index is 0.156. The van der Waals surface area contributed by atoms with Crippen molar-refractivity contribution in [1.82, 2.24) is 5.32 Å². The normalized spacial score (nSPS) is 11.6. The van der Waals surface area contributed by atoms with E-state index in [0.29, 0.717) is 11.7 Å². The molecule has 4 heteroatoms. The lowest BCUT2D eigenvalue weighted by molar-refractivity contribution is 0.340. The number of rotatable bonds is 5. The Balaban J connectivity index is 1.90. The molecule has 2 N–H and O–H groups in total. The minimum Gasteiger partial charge on any atom is -0.494 e. The second-order valence-electron chi connectivity index (χ2n) is 5.19. The van der Waals surface area contributed by atoms with Gasteiger partial charge in [-0.05, 0) is 62.8 Å². The van der Waals surface area contributed by atoms with Gasteiger partial charge in [0.2, 0.25) is 0 Å². The van der Waals surface area contributed by atoms with Crippen molar-refractivity contribution in [2.75, 3.05) is 11.9 Å². The van der Waals surface area contributed by atoms with Gasteiger partial charge in [-0.1, -0.05) is 29.8 Å².